The molecule has 0 amide bonds. The van der Waals surface area contributed by atoms with E-state index < -0.39 is 24.0 Å². The highest BCUT2D eigenvalue weighted by Crippen LogP contribution is 2.44. The number of hydrogen-bond acceptors (Lipinski definition) is 11. The molecule has 3 aromatic rings. The number of nitrogens with one attached hydrogen (secondary N) is 1. The van der Waals surface area contributed by atoms with Gasteiger partial charge < -0.3 is 35.2 Å². The first-order valence-electron chi connectivity index (χ1n) is 15.2. The molecule has 0 unspecified atom stereocenters. The molecule has 2 aliphatic heterocycles. The topological polar surface area (TPSA) is 122 Å². The second kappa shape index (κ2) is 11.3. The molecule has 1 fully saturated rings. The third kappa shape index (κ3) is 5.65. The second-order valence-corrected chi connectivity index (χ2v) is 11.9. The quantitative estimate of drug-likeness (QED) is 0.288. The van der Waals surface area contributed by atoms with Gasteiger partial charge in [0.15, 0.2) is 5.82 Å². The van der Waals surface area contributed by atoms with Gasteiger partial charge in [-0.05, 0) is 59.5 Å². The van der Waals surface area contributed by atoms with Crippen molar-refractivity contribution in [1.82, 2.24) is 19.9 Å². The molecule has 5 rings (SSSR count). The van der Waals surface area contributed by atoms with E-state index in [1.165, 1.54) is 11.1 Å². The summed E-state index contributed by atoms with van der Waals surface area (Å²) in [5.41, 5.74) is 9.39. The maximum atomic E-state index is 13.3. The molecule has 0 saturated carbocycles. The Balaban J connectivity index is 1.58. The summed E-state index contributed by atoms with van der Waals surface area (Å²) in [5.74, 6) is 0.0728. The molecule has 0 radical (unpaired) electrons. The fourth-order valence-electron chi connectivity index (χ4n) is 5.40. The van der Waals surface area contributed by atoms with Crippen molar-refractivity contribution in [1.29, 1.82) is 0 Å². The van der Waals surface area contributed by atoms with Crippen LogP contribution in [0.3, 0.4) is 0 Å². The number of carbonyl (C=O) groups is 1. The van der Waals surface area contributed by atoms with E-state index in [9.17, 15) is 7.54 Å². The van der Waals surface area contributed by atoms with Gasteiger partial charge in [0.1, 0.15) is 11.3 Å². The van der Waals surface area contributed by atoms with Crippen LogP contribution in [-0.2, 0) is 10.2 Å². The molecule has 224 valence electrons. The number of hydrogen-bond donors (Lipinski definition) is 2. The number of likely N-dealkylation sites (N-methyl/N-ethyl adjacent to an activating group) is 1. The number of ether oxygens (including phenoxy) is 2. The first-order chi connectivity index (χ1) is 20.6. The van der Waals surface area contributed by atoms with Crippen LogP contribution in [0, 0.1) is 6.92 Å². The van der Waals surface area contributed by atoms with Crippen LogP contribution in [0.15, 0.2) is 30.5 Å². The smallest absolute Gasteiger partial charge is 0.343 e. The molecule has 11 nitrogen and oxygen atoms in total. The Hall–Kier alpha value is -4.12. The van der Waals surface area contributed by atoms with Crippen LogP contribution in [0.25, 0.3) is 0 Å². The minimum absolute atomic E-state index is 0.0312. The van der Waals surface area contributed by atoms with Gasteiger partial charge in [0.2, 0.25) is 5.95 Å². The molecule has 0 spiro atoms. The van der Waals surface area contributed by atoms with Crippen molar-refractivity contribution < 1.29 is 17.0 Å². The van der Waals surface area contributed by atoms with Gasteiger partial charge in [-0.2, -0.15) is 4.98 Å². The summed E-state index contributed by atoms with van der Waals surface area (Å²) in [6.45, 7) is 8.68. The number of nitrogens with zero attached hydrogens (tertiary/aromatic N) is 6. The lowest BCUT2D eigenvalue weighted by Gasteiger charge is -2.25. The van der Waals surface area contributed by atoms with Gasteiger partial charge >= 0.3 is 5.97 Å². The fraction of sp³-hybridized carbons (Fsp3) is 0.484. The number of benzene rings is 1. The van der Waals surface area contributed by atoms with E-state index >= 15 is 0 Å². The Labute approximate surface area is 250 Å². The van der Waals surface area contributed by atoms with Crippen LogP contribution in [0.4, 0.5) is 34.5 Å². The Morgan fingerprint density at radius 3 is 2.67 bits per heavy atom. The largest absolute Gasteiger partial charge is 0.494 e. The molecule has 2 aliphatic rings. The van der Waals surface area contributed by atoms with E-state index in [-0.39, 0.29) is 17.3 Å². The maximum absolute atomic E-state index is 13.3. The van der Waals surface area contributed by atoms with Crippen LogP contribution < -0.4 is 25.6 Å². The highest BCUT2D eigenvalue weighted by Gasteiger charge is 2.40. The van der Waals surface area contributed by atoms with E-state index in [0.717, 1.165) is 30.9 Å². The predicted molar refractivity (Wildman–Crippen MR) is 167 cm³/mol. The van der Waals surface area contributed by atoms with Crippen molar-refractivity contribution in [3.63, 3.8) is 0 Å². The predicted octanol–water partition coefficient (Wildman–Crippen LogP) is 4.65. The van der Waals surface area contributed by atoms with Crippen molar-refractivity contribution in [2.45, 2.75) is 58.6 Å². The van der Waals surface area contributed by atoms with Gasteiger partial charge in [0, 0.05) is 49.0 Å². The minimum Gasteiger partial charge on any atom is -0.494 e. The van der Waals surface area contributed by atoms with Gasteiger partial charge in [0.05, 0.1) is 44.4 Å². The number of esters is 1. The molecular weight excluding hydrogens is 532 g/mol. The lowest BCUT2D eigenvalue weighted by atomic mass is 9.91. The van der Waals surface area contributed by atoms with Crippen molar-refractivity contribution in [3.05, 3.63) is 47.4 Å². The van der Waals surface area contributed by atoms with Crippen molar-refractivity contribution in [3.8, 4) is 5.75 Å². The first-order valence-corrected chi connectivity index (χ1v) is 14.2. The molecule has 1 saturated heterocycles. The number of aryl methyl sites for hydroxylation is 1. The standard InChI is InChI=1S/C31H42N8O3/c1-18(2)42-29(40)21-15-33-30(36-28(21)39-17-31(4,5)27-24(39)10-9-19(3)34-27)35-23-13-22(32)25(14-26(23)41-8)38-12-11-20(16-38)37(6)7/h9-10,13-15,18,20H,11-12,16-17,32H2,1-8H3,(H,33,35,36)/t20-/m1/s1/i17D2. The van der Waals surface area contributed by atoms with Crippen LogP contribution in [-0.4, -0.2) is 78.8 Å². The fourth-order valence-corrected chi connectivity index (χ4v) is 5.40. The van der Waals surface area contributed by atoms with Gasteiger partial charge in [-0.1, -0.05) is 13.8 Å². The number of nitrogens with two attached hydrogens (primary N) is 1. The number of nitrogen functional groups attached to an aromatic ring is 1. The third-order valence-electron chi connectivity index (χ3n) is 7.61. The molecule has 1 aromatic carbocycles. The SMILES string of the molecule is [2H]C1([2H])N(c2nc(Nc3cc(N)c(N4CC[C@@H](N(C)C)C4)cc3OC)ncc2C(=O)OC(C)C)c2ccc(C)nc2C1(C)C. The molecular formula is C31H42N8O3. The number of rotatable bonds is 8. The Morgan fingerprint density at radius 2 is 2.00 bits per heavy atom. The summed E-state index contributed by atoms with van der Waals surface area (Å²) in [4.78, 5) is 33.0. The zero-order valence-corrected chi connectivity index (χ0v) is 25.6. The maximum Gasteiger partial charge on any atom is 0.343 e. The number of aromatic nitrogens is 3. The molecule has 3 N–H and O–H groups in total. The average Bonchev–Trinajstić information content (AvgIpc) is 3.49. The molecule has 11 heteroatoms. The number of anilines is 6. The minimum atomic E-state index is -2.00. The Morgan fingerprint density at radius 1 is 1.24 bits per heavy atom. The zero-order valence-electron chi connectivity index (χ0n) is 27.6. The van der Waals surface area contributed by atoms with E-state index in [1.807, 2.05) is 19.1 Å². The summed E-state index contributed by atoms with van der Waals surface area (Å²) in [6, 6.07) is 7.73. The highest BCUT2D eigenvalue weighted by molar-refractivity contribution is 5.96. The molecule has 2 aromatic heterocycles. The average molecular weight is 577 g/mol. The van der Waals surface area contributed by atoms with Crippen LogP contribution >= 0.6 is 0 Å². The van der Waals surface area contributed by atoms with Crippen LogP contribution in [0.2, 0.25) is 0 Å². The van der Waals surface area contributed by atoms with Crippen molar-refractivity contribution in [2.75, 3.05) is 61.6 Å². The summed E-state index contributed by atoms with van der Waals surface area (Å²) < 4.78 is 29.7. The Bertz CT molecular complexity index is 1580. The third-order valence-corrected chi connectivity index (χ3v) is 7.61. The monoisotopic (exact) mass is 576 g/mol. The first kappa shape index (κ1) is 26.8. The van der Waals surface area contributed by atoms with E-state index in [1.54, 1.807) is 46.9 Å². The molecule has 1 atom stereocenters. The lowest BCUT2D eigenvalue weighted by Crippen LogP contribution is -2.31. The van der Waals surface area contributed by atoms with Gasteiger partial charge in [-0.15, -0.1) is 0 Å². The van der Waals surface area contributed by atoms with E-state index in [2.05, 4.69) is 39.2 Å². The Kier molecular flexibility index (Phi) is 7.19. The van der Waals surface area contributed by atoms with Gasteiger partial charge in [-0.25, -0.2) is 9.78 Å². The summed E-state index contributed by atoms with van der Waals surface area (Å²) in [7, 11) is 5.74. The number of pyridine rings is 1. The van der Waals surface area contributed by atoms with E-state index in [4.69, 9.17) is 20.2 Å². The normalized spacial score (nSPS) is 19.5. The van der Waals surface area contributed by atoms with Gasteiger partial charge in [0.25, 0.3) is 0 Å². The number of methoxy groups -OCH3 is 1. The van der Waals surface area contributed by atoms with Crippen molar-refractivity contribution >= 4 is 40.5 Å². The zero-order chi connectivity index (χ0) is 32.1. The van der Waals surface area contributed by atoms with E-state index in [0.29, 0.717) is 34.5 Å². The number of carbonyl (C=O) groups excluding carboxylic acids is 1. The molecule has 0 aliphatic carbocycles. The summed E-state index contributed by atoms with van der Waals surface area (Å²) in [6.07, 6.45) is 2.00. The lowest BCUT2D eigenvalue weighted by molar-refractivity contribution is 0.0378. The summed E-state index contributed by atoms with van der Waals surface area (Å²) in [5, 5.41) is 3.19. The highest BCUT2D eigenvalue weighted by atomic mass is 16.5. The van der Waals surface area contributed by atoms with Crippen LogP contribution in [0.1, 0.15) is 58.6 Å². The molecule has 4 heterocycles. The van der Waals surface area contributed by atoms with Gasteiger partial charge in [-0.3, -0.25) is 4.98 Å². The molecule has 0 bridgehead atoms. The van der Waals surface area contributed by atoms with Crippen molar-refractivity contribution in [2.24, 2.45) is 0 Å². The number of fused-ring (bicyclic) bond motifs is 1. The second-order valence-electron chi connectivity index (χ2n) is 11.9. The summed E-state index contributed by atoms with van der Waals surface area (Å²) >= 11 is 0. The van der Waals surface area contributed by atoms with Crippen LogP contribution in [0.5, 0.6) is 5.75 Å². The molecule has 42 heavy (non-hydrogen) atoms.